The second-order valence-electron chi connectivity index (χ2n) is 6.09. The lowest BCUT2D eigenvalue weighted by Gasteiger charge is -2.27. The van der Waals surface area contributed by atoms with Crippen LogP contribution in [0.3, 0.4) is 0 Å². The zero-order valence-corrected chi connectivity index (χ0v) is 14.7. The molecule has 1 amide bonds. The van der Waals surface area contributed by atoms with Gasteiger partial charge in [0, 0.05) is 37.2 Å². The molecular formula is C18H21N3O5. The highest BCUT2D eigenvalue weighted by Gasteiger charge is 2.27. The Morgan fingerprint density at radius 3 is 2.73 bits per heavy atom. The molecule has 0 radical (unpaired) electrons. The fourth-order valence-corrected chi connectivity index (χ4v) is 3.13. The summed E-state index contributed by atoms with van der Waals surface area (Å²) in [5.74, 6) is 0.182. The van der Waals surface area contributed by atoms with Crippen LogP contribution in [0.1, 0.15) is 33.7 Å². The molecule has 0 fully saturated rings. The van der Waals surface area contributed by atoms with Gasteiger partial charge < -0.3 is 19.5 Å². The molecule has 8 heteroatoms. The minimum atomic E-state index is -1.08. The summed E-state index contributed by atoms with van der Waals surface area (Å²) in [5, 5.41) is 15.8. The molecule has 1 aromatic heterocycles. The Labute approximate surface area is 150 Å². The van der Waals surface area contributed by atoms with E-state index in [-0.39, 0.29) is 18.1 Å². The molecule has 26 heavy (non-hydrogen) atoms. The number of carboxylic acids is 1. The zero-order chi connectivity index (χ0) is 18.7. The summed E-state index contributed by atoms with van der Waals surface area (Å²) in [6.45, 7) is 0.831. The molecule has 2 heterocycles. The van der Waals surface area contributed by atoms with Crippen molar-refractivity contribution >= 4 is 11.9 Å². The number of hydrogen-bond donors (Lipinski definition) is 2. The fourth-order valence-electron chi connectivity index (χ4n) is 3.13. The molecule has 0 aliphatic carbocycles. The van der Waals surface area contributed by atoms with Crippen LogP contribution in [0.5, 0.6) is 11.5 Å². The van der Waals surface area contributed by atoms with Gasteiger partial charge in [-0.25, -0.2) is 4.79 Å². The molecule has 0 unspecified atom stereocenters. The van der Waals surface area contributed by atoms with Gasteiger partial charge in [-0.2, -0.15) is 5.10 Å². The van der Waals surface area contributed by atoms with Crippen LogP contribution in [0.15, 0.2) is 18.2 Å². The third-order valence-corrected chi connectivity index (χ3v) is 4.56. The molecule has 138 valence electrons. The SMILES string of the molecule is COc1ccc(CCC(=O)N2CCc3[nH]nc(C(=O)O)c3C2)cc1OC. The average Bonchev–Trinajstić information content (AvgIpc) is 3.09. The summed E-state index contributed by atoms with van der Waals surface area (Å²) in [6.07, 6.45) is 1.49. The molecule has 2 aromatic rings. The van der Waals surface area contributed by atoms with E-state index in [9.17, 15) is 14.7 Å². The number of nitrogens with one attached hydrogen (secondary N) is 1. The Kier molecular flexibility index (Phi) is 5.11. The van der Waals surface area contributed by atoms with Crippen LogP contribution >= 0.6 is 0 Å². The summed E-state index contributed by atoms with van der Waals surface area (Å²) >= 11 is 0. The largest absolute Gasteiger partial charge is 0.493 e. The number of aromatic amines is 1. The molecule has 1 aromatic carbocycles. The number of ether oxygens (including phenoxy) is 2. The Bertz CT molecular complexity index is 830. The predicted octanol–water partition coefficient (Wildman–Crippen LogP) is 1.64. The number of carbonyl (C=O) groups is 2. The molecule has 8 nitrogen and oxygen atoms in total. The van der Waals surface area contributed by atoms with Crippen molar-refractivity contribution in [2.45, 2.75) is 25.8 Å². The lowest BCUT2D eigenvalue weighted by Crippen LogP contribution is -2.36. The van der Waals surface area contributed by atoms with E-state index in [0.717, 1.165) is 11.3 Å². The smallest absolute Gasteiger partial charge is 0.356 e. The summed E-state index contributed by atoms with van der Waals surface area (Å²) in [6, 6.07) is 5.58. The van der Waals surface area contributed by atoms with E-state index in [1.54, 1.807) is 19.1 Å². The first-order valence-corrected chi connectivity index (χ1v) is 8.31. The lowest BCUT2D eigenvalue weighted by molar-refractivity contribution is -0.132. The van der Waals surface area contributed by atoms with Gasteiger partial charge >= 0.3 is 5.97 Å². The molecule has 1 aliphatic rings. The minimum Gasteiger partial charge on any atom is -0.493 e. The first-order chi connectivity index (χ1) is 12.5. The first-order valence-electron chi connectivity index (χ1n) is 8.31. The van der Waals surface area contributed by atoms with Crippen LogP contribution in [0, 0.1) is 0 Å². The number of amides is 1. The highest BCUT2D eigenvalue weighted by atomic mass is 16.5. The second kappa shape index (κ2) is 7.47. The van der Waals surface area contributed by atoms with Crippen molar-refractivity contribution in [1.29, 1.82) is 0 Å². The van der Waals surface area contributed by atoms with Gasteiger partial charge in [0.1, 0.15) is 0 Å². The number of aromatic carboxylic acids is 1. The first kappa shape index (κ1) is 17.8. The number of benzene rings is 1. The number of methoxy groups -OCH3 is 2. The predicted molar refractivity (Wildman–Crippen MR) is 92.5 cm³/mol. The fraction of sp³-hybridized carbons (Fsp3) is 0.389. The monoisotopic (exact) mass is 359 g/mol. The van der Waals surface area contributed by atoms with Gasteiger partial charge in [-0.1, -0.05) is 6.07 Å². The van der Waals surface area contributed by atoms with E-state index in [1.165, 1.54) is 0 Å². The van der Waals surface area contributed by atoms with Crippen LogP contribution in [-0.2, 0) is 24.2 Å². The maximum Gasteiger partial charge on any atom is 0.356 e. The van der Waals surface area contributed by atoms with Gasteiger partial charge in [0.2, 0.25) is 5.91 Å². The second-order valence-corrected chi connectivity index (χ2v) is 6.09. The number of aryl methyl sites for hydroxylation is 1. The molecule has 0 saturated heterocycles. The summed E-state index contributed by atoms with van der Waals surface area (Å²) in [4.78, 5) is 25.5. The number of carboxylic acid groups (broad SMARTS) is 1. The van der Waals surface area contributed by atoms with Crippen LogP contribution in [0.25, 0.3) is 0 Å². The highest BCUT2D eigenvalue weighted by molar-refractivity contribution is 5.87. The molecule has 0 spiro atoms. The molecule has 0 atom stereocenters. The number of rotatable bonds is 6. The molecule has 1 aliphatic heterocycles. The molecular weight excluding hydrogens is 338 g/mol. The van der Waals surface area contributed by atoms with Crippen molar-refractivity contribution in [1.82, 2.24) is 15.1 Å². The number of fused-ring (bicyclic) bond motifs is 1. The van der Waals surface area contributed by atoms with E-state index in [1.807, 2.05) is 18.2 Å². The topological polar surface area (TPSA) is 105 Å². The van der Waals surface area contributed by atoms with Gasteiger partial charge in [-0.15, -0.1) is 0 Å². The van der Waals surface area contributed by atoms with Crippen LogP contribution in [0.2, 0.25) is 0 Å². The Morgan fingerprint density at radius 2 is 2.04 bits per heavy atom. The third kappa shape index (κ3) is 3.49. The maximum absolute atomic E-state index is 12.6. The summed E-state index contributed by atoms with van der Waals surface area (Å²) < 4.78 is 10.5. The van der Waals surface area contributed by atoms with Gasteiger partial charge in [0.25, 0.3) is 0 Å². The van der Waals surface area contributed by atoms with Crippen LogP contribution in [-0.4, -0.2) is 52.8 Å². The maximum atomic E-state index is 12.6. The Hall–Kier alpha value is -3.03. The highest BCUT2D eigenvalue weighted by Crippen LogP contribution is 2.28. The standard InChI is InChI=1S/C18H21N3O5/c1-25-14-5-3-11(9-15(14)26-2)4-6-16(22)21-8-7-13-12(10-21)17(18(23)24)20-19-13/h3,5,9H,4,6-8,10H2,1-2H3,(H,19,20)(H,23,24). The average molecular weight is 359 g/mol. The zero-order valence-electron chi connectivity index (χ0n) is 14.7. The molecule has 0 saturated carbocycles. The molecule has 2 N–H and O–H groups in total. The van der Waals surface area contributed by atoms with Crippen molar-refractivity contribution in [3.63, 3.8) is 0 Å². The minimum absolute atomic E-state index is 0.00242. The van der Waals surface area contributed by atoms with E-state index < -0.39 is 5.97 Å². The third-order valence-electron chi connectivity index (χ3n) is 4.56. The van der Waals surface area contributed by atoms with Gasteiger partial charge in [0.05, 0.1) is 14.2 Å². The number of carbonyl (C=O) groups excluding carboxylic acids is 1. The lowest BCUT2D eigenvalue weighted by atomic mass is 10.0. The van der Waals surface area contributed by atoms with Crippen LogP contribution in [0.4, 0.5) is 0 Å². The Morgan fingerprint density at radius 1 is 1.27 bits per heavy atom. The van der Waals surface area contributed by atoms with Crippen molar-refractivity contribution in [2.24, 2.45) is 0 Å². The quantitative estimate of drug-likeness (QED) is 0.812. The van der Waals surface area contributed by atoms with Crippen molar-refractivity contribution in [3.05, 3.63) is 40.7 Å². The number of hydrogen-bond acceptors (Lipinski definition) is 5. The van der Waals surface area contributed by atoms with Crippen molar-refractivity contribution in [2.75, 3.05) is 20.8 Å². The van der Waals surface area contributed by atoms with E-state index in [4.69, 9.17) is 9.47 Å². The van der Waals surface area contributed by atoms with E-state index >= 15 is 0 Å². The van der Waals surface area contributed by atoms with Crippen molar-refractivity contribution < 1.29 is 24.2 Å². The number of nitrogens with zero attached hydrogens (tertiary/aromatic N) is 2. The summed E-state index contributed by atoms with van der Waals surface area (Å²) in [5.41, 5.74) is 2.37. The molecule has 0 bridgehead atoms. The van der Waals surface area contributed by atoms with Crippen molar-refractivity contribution in [3.8, 4) is 11.5 Å². The van der Waals surface area contributed by atoms with Gasteiger partial charge in [0.15, 0.2) is 17.2 Å². The number of aromatic nitrogens is 2. The van der Waals surface area contributed by atoms with E-state index in [0.29, 0.717) is 42.9 Å². The normalized spacial score (nSPS) is 13.2. The van der Waals surface area contributed by atoms with Crippen LogP contribution < -0.4 is 9.47 Å². The van der Waals surface area contributed by atoms with Gasteiger partial charge in [-0.05, 0) is 24.1 Å². The molecule has 3 rings (SSSR count). The van der Waals surface area contributed by atoms with Gasteiger partial charge in [-0.3, -0.25) is 9.89 Å². The Balaban J connectivity index is 1.64. The number of H-pyrrole nitrogens is 1. The summed E-state index contributed by atoms with van der Waals surface area (Å²) in [7, 11) is 3.15. The van der Waals surface area contributed by atoms with E-state index in [2.05, 4.69) is 10.2 Å².